The zero-order valence-corrected chi connectivity index (χ0v) is 16.6. The van der Waals surface area contributed by atoms with E-state index in [1.165, 1.54) is 16.7 Å². The average molecular weight is 391 g/mol. The fourth-order valence-corrected chi connectivity index (χ4v) is 4.33. The molecule has 29 heavy (non-hydrogen) atoms. The number of nitrogens with zero attached hydrogens (tertiary/aromatic N) is 3. The second-order valence-corrected chi connectivity index (χ2v) is 7.58. The van der Waals surface area contributed by atoms with Gasteiger partial charge in [0.15, 0.2) is 11.5 Å². The lowest BCUT2D eigenvalue weighted by atomic mass is 9.88. The maximum Gasteiger partial charge on any atom is 0.231 e. The summed E-state index contributed by atoms with van der Waals surface area (Å²) in [6.45, 7) is 4.52. The maximum absolute atomic E-state index is 5.55. The minimum absolute atomic E-state index is 0.237. The SMILES string of the molecule is COCCn1ccnc1[C@H]1CN(Cc2ccc3c(c2)OCO3)Cc2ccccc21. The summed E-state index contributed by atoms with van der Waals surface area (Å²) in [4.78, 5) is 7.21. The van der Waals surface area contributed by atoms with Crippen molar-refractivity contribution in [3.8, 4) is 11.5 Å². The molecule has 6 nitrogen and oxygen atoms in total. The van der Waals surface area contributed by atoms with Gasteiger partial charge in [-0.2, -0.15) is 0 Å². The van der Waals surface area contributed by atoms with Gasteiger partial charge >= 0.3 is 0 Å². The lowest BCUT2D eigenvalue weighted by Gasteiger charge is -2.34. The highest BCUT2D eigenvalue weighted by atomic mass is 16.7. The molecule has 3 heterocycles. The van der Waals surface area contributed by atoms with Crippen molar-refractivity contribution in [2.45, 2.75) is 25.6 Å². The van der Waals surface area contributed by atoms with Gasteiger partial charge in [-0.05, 0) is 28.8 Å². The van der Waals surface area contributed by atoms with Crippen LogP contribution in [0.3, 0.4) is 0 Å². The van der Waals surface area contributed by atoms with E-state index in [-0.39, 0.29) is 5.92 Å². The first-order valence-electron chi connectivity index (χ1n) is 10.0. The van der Waals surface area contributed by atoms with Crippen LogP contribution in [0.1, 0.15) is 28.4 Å². The molecule has 0 radical (unpaired) electrons. The van der Waals surface area contributed by atoms with Crippen LogP contribution in [-0.4, -0.2) is 41.5 Å². The minimum Gasteiger partial charge on any atom is -0.454 e. The van der Waals surface area contributed by atoms with E-state index in [0.717, 1.165) is 43.5 Å². The fraction of sp³-hybridized carbons (Fsp3) is 0.348. The Morgan fingerprint density at radius 1 is 1.14 bits per heavy atom. The molecule has 2 aromatic carbocycles. The van der Waals surface area contributed by atoms with E-state index in [2.05, 4.69) is 45.9 Å². The summed E-state index contributed by atoms with van der Waals surface area (Å²) in [6, 6.07) is 15.0. The molecule has 0 fully saturated rings. The van der Waals surface area contributed by atoms with Crippen molar-refractivity contribution in [3.05, 3.63) is 77.4 Å². The first-order valence-corrected chi connectivity index (χ1v) is 10.0. The molecule has 1 atom stereocenters. The van der Waals surface area contributed by atoms with Crippen LogP contribution in [0.15, 0.2) is 54.9 Å². The van der Waals surface area contributed by atoms with Crippen LogP contribution < -0.4 is 9.47 Å². The zero-order valence-electron chi connectivity index (χ0n) is 16.6. The summed E-state index contributed by atoms with van der Waals surface area (Å²) < 4.78 is 18.5. The summed E-state index contributed by atoms with van der Waals surface area (Å²) in [7, 11) is 1.74. The Morgan fingerprint density at radius 3 is 2.97 bits per heavy atom. The lowest BCUT2D eigenvalue weighted by molar-refractivity contribution is 0.174. The van der Waals surface area contributed by atoms with Crippen LogP contribution in [0, 0.1) is 0 Å². The molecule has 0 saturated carbocycles. The normalized spacial score (nSPS) is 18.0. The van der Waals surface area contributed by atoms with Crippen LogP contribution in [0.2, 0.25) is 0 Å². The van der Waals surface area contributed by atoms with E-state index >= 15 is 0 Å². The number of hydrogen-bond donors (Lipinski definition) is 0. The second-order valence-electron chi connectivity index (χ2n) is 7.58. The topological polar surface area (TPSA) is 48.8 Å². The van der Waals surface area contributed by atoms with Crippen LogP contribution in [-0.2, 0) is 24.4 Å². The molecule has 2 aliphatic heterocycles. The van der Waals surface area contributed by atoms with Gasteiger partial charge < -0.3 is 18.8 Å². The maximum atomic E-state index is 5.55. The Balaban J connectivity index is 1.42. The monoisotopic (exact) mass is 391 g/mol. The molecule has 5 rings (SSSR count). The van der Waals surface area contributed by atoms with Gasteiger partial charge in [-0.15, -0.1) is 0 Å². The van der Waals surface area contributed by atoms with Crippen molar-refractivity contribution in [2.24, 2.45) is 0 Å². The smallest absolute Gasteiger partial charge is 0.231 e. The number of imidazole rings is 1. The van der Waals surface area contributed by atoms with Crippen molar-refractivity contribution >= 4 is 0 Å². The lowest BCUT2D eigenvalue weighted by Crippen LogP contribution is -2.35. The highest BCUT2D eigenvalue weighted by Gasteiger charge is 2.29. The van der Waals surface area contributed by atoms with Crippen molar-refractivity contribution < 1.29 is 14.2 Å². The fourth-order valence-electron chi connectivity index (χ4n) is 4.33. The van der Waals surface area contributed by atoms with Crippen molar-refractivity contribution in [2.75, 3.05) is 27.1 Å². The number of aromatic nitrogens is 2. The van der Waals surface area contributed by atoms with Crippen LogP contribution in [0.5, 0.6) is 11.5 Å². The predicted octanol–water partition coefficient (Wildman–Crippen LogP) is 3.41. The summed E-state index contributed by atoms with van der Waals surface area (Å²) >= 11 is 0. The van der Waals surface area contributed by atoms with E-state index in [1.807, 2.05) is 18.5 Å². The second kappa shape index (κ2) is 7.89. The quantitative estimate of drug-likeness (QED) is 0.645. The van der Waals surface area contributed by atoms with E-state index in [9.17, 15) is 0 Å². The van der Waals surface area contributed by atoms with E-state index in [4.69, 9.17) is 19.2 Å². The average Bonchev–Trinajstić information content (AvgIpc) is 3.40. The number of methoxy groups -OCH3 is 1. The summed E-state index contributed by atoms with van der Waals surface area (Å²) in [5.41, 5.74) is 3.97. The molecule has 0 saturated heterocycles. The van der Waals surface area contributed by atoms with Crippen molar-refractivity contribution in [1.82, 2.24) is 14.5 Å². The van der Waals surface area contributed by atoms with Gasteiger partial charge in [-0.1, -0.05) is 30.3 Å². The molecule has 150 valence electrons. The molecule has 1 aromatic heterocycles. The van der Waals surface area contributed by atoms with Crippen molar-refractivity contribution in [1.29, 1.82) is 0 Å². The highest BCUT2D eigenvalue weighted by molar-refractivity contribution is 5.44. The van der Waals surface area contributed by atoms with Gasteiger partial charge in [0.1, 0.15) is 5.82 Å². The third kappa shape index (κ3) is 3.61. The van der Waals surface area contributed by atoms with Gasteiger partial charge in [0.2, 0.25) is 6.79 Å². The van der Waals surface area contributed by atoms with Gasteiger partial charge in [-0.3, -0.25) is 4.90 Å². The number of benzene rings is 2. The molecular weight excluding hydrogens is 366 g/mol. The third-order valence-corrected chi connectivity index (χ3v) is 5.70. The van der Waals surface area contributed by atoms with E-state index in [1.54, 1.807) is 7.11 Å². The summed E-state index contributed by atoms with van der Waals surface area (Å²) in [5.74, 6) is 3.01. The number of ether oxygens (including phenoxy) is 3. The molecule has 0 spiro atoms. The molecule has 0 amide bonds. The first kappa shape index (κ1) is 18.2. The molecule has 0 aliphatic carbocycles. The largest absolute Gasteiger partial charge is 0.454 e. The van der Waals surface area contributed by atoms with Crippen LogP contribution >= 0.6 is 0 Å². The standard InChI is InChI=1S/C23H25N3O3/c1-27-11-10-26-9-8-24-23(26)20-15-25(14-18-4-2-3-5-19(18)20)13-17-6-7-21-22(12-17)29-16-28-21/h2-9,12,20H,10-11,13-16H2,1H3/t20-/m0/s1. The highest BCUT2D eigenvalue weighted by Crippen LogP contribution is 2.36. The Hall–Kier alpha value is -2.83. The third-order valence-electron chi connectivity index (χ3n) is 5.70. The van der Waals surface area contributed by atoms with E-state index < -0.39 is 0 Å². The first-order chi connectivity index (χ1) is 14.3. The molecule has 0 unspecified atom stereocenters. The van der Waals surface area contributed by atoms with Gasteiger partial charge in [-0.25, -0.2) is 4.98 Å². The summed E-state index contributed by atoms with van der Waals surface area (Å²) in [5, 5.41) is 0. The van der Waals surface area contributed by atoms with Crippen LogP contribution in [0.4, 0.5) is 0 Å². The minimum atomic E-state index is 0.237. The Bertz CT molecular complexity index is 1000. The molecule has 0 N–H and O–H groups in total. The van der Waals surface area contributed by atoms with Gasteiger partial charge in [0, 0.05) is 45.7 Å². The Morgan fingerprint density at radius 2 is 2.03 bits per heavy atom. The molecule has 0 bridgehead atoms. The number of hydrogen-bond acceptors (Lipinski definition) is 5. The number of rotatable bonds is 6. The zero-order chi connectivity index (χ0) is 19.6. The molecule has 6 heteroatoms. The van der Waals surface area contributed by atoms with Gasteiger partial charge in [0.05, 0.1) is 12.5 Å². The Kier molecular flexibility index (Phi) is 4.96. The molecular formula is C23H25N3O3. The Labute approximate surface area is 170 Å². The van der Waals surface area contributed by atoms with Gasteiger partial charge in [0.25, 0.3) is 0 Å². The van der Waals surface area contributed by atoms with Crippen LogP contribution in [0.25, 0.3) is 0 Å². The van der Waals surface area contributed by atoms with Crippen molar-refractivity contribution in [3.63, 3.8) is 0 Å². The number of fused-ring (bicyclic) bond motifs is 2. The van der Waals surface area contributed by atoms with E-state index in [0.29, 0.717) is 13.4 Å². The summed E-state index contributed by atoms with van der Waals surface area (Å²) in [6.07, 6.45) is 3.94. The molecule has 2 aliphatic rings. The molecule has 3 aromatic rings. The predicted molar refractivity (Wildman–Crippen MR) is 109 cm³/mol.